The van der Waals surface area contributed by atoms with E-state index in [2.05, 4.69) is 10.3 Å². The van der Waals surface area contributed by atoms with E-state index in [1.807, 2.05) is 4.90 Å². The van der Waals surface area contributed by atoms with Crippen molar-refractivity contribution in [2.75, 3.05) is 31.0 Å². The highest BCUT2D eigenvalue weighted by Crippen LogP contribution is 2.52. The number of carbonyl (C=O) groups is 2. The lowest BCUT2D eigenvalue weighted by molar-refractivity contribution is -0.119. The normalized spacial score (nSPS) is 19.2. The third kappa shape index (κ3) is 3.76. The molecule has 1 saturated carbocycles. The predicted octanol–water partition coefficient (Wildman–Crippen LogP) is 3.93. The molecule has 1 spiro atoms. The van der Waals surface area contributed by atoms with Crippen molar-refractivity contribution >= 4 is 23.3 Å². The van der Waals surface area contributed by atoms with Gasteiger partial charge in [0.1, 0.15) is 11.7 Å². The number of methoxy groups -OCH3 is 2. The molecule has 1 saturated heterocycles. The number of amides is 1. The van der Waals surface area contributed by atoms with Crippen LogP contribution in [0.5, 0.6) is 5.75 Å². The van der Waals surface area contributed by atoms with Crippen molar-refractivity contribution in [2.24, 2.45) is 5.41 Å². The summed E-state index contributed by atoms with van der Waals surface area (Å²) in [5, 5.41) is 2.88. The fourth-order valence-corrected chi connectivity index (χ4v) is 5.10. The Labute approximate surface area is 184 Å². The monoisotopic (exact) mass is 445 g/mol. The maximum absolute atomic E-state index is 14.4. The Morgan fingerprint density at radius 3 is 2.59 bits per heavy atom. The summed E-state index contributed by atoms with van der Waals surface area (Å²) in [4.78, 5) is 31.1. The van der Waals surface area contributed by atoms with E-state index in [9.17, 15) is 18.4 Å². The fourth-order valence-electron chi connectivity index (χ4n) is 5.10. The fraction of sp³-hybridized carbons (Fsp3) is 0.435. The Kier molecular flexibility index (Phi) is 5.99. The molecule has 170 valence electrons. The minimum absolute atomic E-state index is 0.0754. The SMILES string of the molecule is COC(=O)c1cc(NC(=O)C2N(c3ccc(F)c(F)c3OC)CCC23CCCC3)ccn1. The summed E-state index contributed by atoms with van der Waals surface area (Å²) < 4.78 is 38.1. The highest BCUT2D eigenvalue weighted by molar-refractivity contribution is 5.99. The molecule has 1 unspecified atom stereocenters. The quantitative estimate of drug-likeness (QED) is 0.703. The molecule has 7 nitrogen and oxygen atoms in total. The molecular weight excluding hydrogens is 420 g/mol. The van der Waals surface area contributed by atoms with Crippen LogP contribution in [0, 0.1) is 17.0 Å². The topological polar surface area (TPSA) is 80.8 Å². The standard InChI is InChI=1S/C23H25F2N3O4/c1-31-19-17(6-5-15(24)18(19)25)28-12-10-23(8-3-4-9-23)20(28)21(29)27-14-7-11-26-16(13-14)22(30)32-2/h5-7,11,13,20H,3-4,8-10,12H2,1-2H3,(H,26,27,29). The number of rotatable bonds is 5. The van der Waals surface area contributed by atoms with Gasteiger partial charge in [-0.15, -0.1) is 0 Å². The van der Waals surface area contributed by atoms with Crippen molar-refractivity contribution in [3.63, 3.8) is 0 Å². The lowest BCUT2D eigenvalue weighted by atomic mass is 9.78. The Hall–Kier alpha value is -3.23. The molecule has 2 heterocycles. The number of nitrogens with one attached hydrogen (secondary N) is 1. The van der Waals surface area contributed by atoms with E-state index in [4.69, 9.17) is 9.47 Å². The third-order valence-corrected chi connectivity index (χ3v) is 6.55. The third-order valence-electron chi connectivity index (χ3n) is 6.55. The van der Waals surface area contributed by atoms with E-state index in [0.29, 0.717) is 17.9 Å². The molecule has 1 N–H and O–H groups in total. The summed E-state index contributed by atoms with van der Waals surface area (Å²) in [5.41, 5.74) is 0.562. The van der Waals surface area contributed by atoms with Crippen molar-refractivity contribution in [1.29, 1.82) is 0 Å². The molecule has 2 aliphatic rings. The van der Waals surface area contributed by atoms with E-state index in [1.165, 1.54) is 32.5 Å². The van der Waals surface area contributed by atoms with Gasteiger partial charge in [0.2, 0.25) is 11.7 Å². The average molecular weight is 445 g/mol. The predicted molar refractivity (Wildman–Crippen MR) is 114 cm³/mol. The zero-order chi connectivity index (χ0) is 22.9. The minimum Gasteiger partial charge on any atom is -0.491 e. The van der Waals surface area contributed by atoms with Gasteiger partial charge in [-0.2, -0.15) is 4.39 Å². The molecule has 2 aromatic rings. The first-order valence-corrected chi connectivity index (χ1v) is 10.5. The first-order valence-electron chi connectivity index (χ1n) is 10.5. The average Bonchev–Trinajstić information content (AvgIpc) is 3.42. The second-order valence-electron chi connectivity index (χ2n) is 8.24. The molecule has 0 radical (unpaired) electrons. The molecule has 32 heavy (non-hydrogen) atoms. The zero-order valence-electron chi connectivity index (χ0n) is 18.0. The van der Waals surface area contributed by atoms with Gasteiger partial charge in [0, 0.05) is 23.8 Å². The van der Waals surface area contributed by atoms with Crippen LogP contribution in [-0.2, 0) is 9.53 Å². The number of ether oxygens (including phenoxy) is 2. The number of anilines is 2. The molecule has 2 fully saturated rings. The second kappa shape index (κ2) is 8.72. The van der Waals surface area contributed by atoms with Gasteiger partial charge in [0.15, 0.2) is 11.6 Å². The van der Waals surface area contributed by atoms with E-state index >= 15 is 0 Å². The highest BCUT2D eigenvalue weighted by atomic mass is 19.2. The Morgan fingerprint density at radius 2 is 1.91 bits per heavy atom. The van der Waals surface area contributed by atoms with Gasteiger partial charge in [-0.05, 0) is 43.5 Å². The van der Waals surface area contributed by atoms with Gasteiger partial charge < -0.3 is 19.7 Å². The van der Waals surface area contributed by atoms with Crippen LogP contribution in [0.1, 0.15) is 42.6 Å². The highest BCUT2D eigenvalue weighted by Gasteiger charge is 2.53. The second-order valence-corrected chi connectivity index (χ2v) is 8.24. The number of aromatic nitrogens is 1. The number of hydrogen-bond donors (Lipinski definition) is 1. The molecule has 1 atom stereocenters. The number of esters is 1. The molecular formula is C23H25F2N3O4. The van der Waals surface area contributed by atoms with Crippen LogP contribution in [-0.4, -0.2) is 43.7 Å². The van der Waals surface area contributed by atoms with Crippen LogP contribution in [0.2, 0.25) is 0 Å². The molecule has 1 amide bonds. The van der Waals surface area contributed by atoms with Gasteiger partial charge in [0.25, 0.3) is 0 Å². The number of hydrogen-bond acceptors (Lipinski definition) is 6. The molecule has 0 bridgehead atoms. The smallest absolute Gasteiger partial charge is 0.356 e. The van der Waals surface area contributed by atoms with Crippen molar-refractivity contribution in [3.05, 3.63) is 47.8 Å². The van der Waals surface area contributed by atoms with Gasteiger partial charge in [-0.3, -0.25) is 4.79 Å². The molecule has 1 aliphatic heterocycles. The van der Waals surface area contributed by atoms with E-state index in [-0.39, 0.29) is 22.8 Å². The van der Waals surface area contributed by atoms with Crippen molar-refractivity contribution < 1.29 is 27.8 Å². The van der Waals surface area contributed by atoms with Crippen LogP contribution in [0.25, 0.3) is 0 Å². The van der Waals surface area contributed by atoms with Crippen LogP contribution in [0.4, 0.5) is 20.2 Å². The van der Waals surface area contributed by atoms with Gasteiger partial charge in [0.05, 0.1) is 19.9 Å². The summed E-state index contributed by atoms with van der Waals surface area (Å²) in [6.45, 7) is 0.517. The Balaban J connectivity index is 1.69. The number of nitrogens with zero attached hydrogens (tertiary/aromatic N) is 2. The first-order chi connectivity index (χ1) is 15.4. The zero-order valence-corrected chi connectivity index (χ0v) is 18.0. The first kappa shape index (κ1) is 22.0. The summed E-state index contributed by atoms with van der Waals surface area (Å²) in [7, 11) is 2.54. The lowest BCUT2D eigenvalue weighted by Gasteiger charge is -2.35. The number of benzene rings is 1. The Bertz CT molecular complexity index is 1040. The van der Waals surface area contributed by atoms with E-state index in [1.54, 1.807) is 6.07 Å². The van der Waals surface area contributed by atoms with Gasteiger partial charge >= 0.3 is 5.97 Å². The van der Waals surface area contributed by atoms with Crippen LogP contribution in [0.15, 0.2) is 30.5 Å². The van der Waals surface area contributed by atoms with Crippen LogP contribution >= 0.6 is 0 Å². The van der Waals surface area contributed by atoms with E-state index in [0.717, 1.165) is 38.2 Å². The lowest BCUT2D eigenvalue weighted by Crippen LogP contribution is -2.48. The van der Waals surface area contributed by atoms with Crippen molar-refractivity contribution in [3.8, 4) is 5.75 Å². The van der Waals surface area contributed by atoms with Crippen molar-refractivity contribution in [2.45, 2.75) is 38.1 Å². The molecule has 1 aliphatic carbocycles. The summed E-state index contributed by atoms with van der Waals surface area (Å²) in [6, 6.07) is 4.94. The number of pyridine rings is 1. The summed E-state index contributed by atoms with van der Waals surface area (Å²) in [5.74, 6) is -3.18. The minimum atomic E-state index is -1.08. The van der Waals surface area contributed by atoms with E-state index < -0.39 is 23.6 Å². The molecule has 1 aromatic carbocycles. The summed E-state index contributed by atoms with van der Waals surface area (Å²) >= 11 is 0. The number of halogens is 2. The molecule has 9 heteroatoms. The summed E-state index contributed by atoms with van der Waals surface area (Å²) in [6.07, 6.45) is 5.94. The van der Waals surface area contributed by atoms with Crippen LogP contribution < -0.4 is 15.0 Å². The molecule has 1 aromatic heterocycles. The number of carbonyl (C=O) groups excluding carboxylic acids is 2. The van der Waals surface area contributed by atoms with Crippen LogP contribution in [0.3, 0.4) is 0 Å². The van der Waals surface area contributed by atoms with Gasteiger partial charge in [-0.1, -0.05) is 12.8 Å². The van der Waals surface area contributed by atoms with Gasteiger partial charge in [-0.25, -0.2) is 14.2 Å². The maximum Gasteiger partial charge on any atom is 0.356 e. The Morgan fingerprint density at radius 1 is 1.16 bits per heavy atom. The maximum atomic E-state index is 14.4. The van der Waals surface area contributed by atoms with Crippen molar-refractivity contribution in [1.82, 2.24) is 4.98 Å². The largest absolute Gasteiger partial charge is 0.491 e. The molecule has 4 rings (SSSR count).